The van der Waals surface area contributed by atoms with Crippen molar-refractivity contribution in [2.45, 2.75) is 26.8 Å². The molecule has 5 heteroatoms. The summed E-state index contributed by atoms with van der Waals surface area (Å²) in [6, 6.07) is 9.64. The zero-order chi connectivity index (χ0) is 15.4. The molecule has 21 heavy (non-hydrogen) atoms. The number of nitrogen functional groups attached to an aromatic ring is 1. The van der Waals surface area contributed by atoms with Crippen LogP contribution >= 0.6 is 11.3 Å². The zero-order valence-corrected chi connectivity index (χ0v) is 13.4. The molecule has 0 spiro atoms. The molecule has 4 nitrogen and oxygen atoms in total. The molecule has 1 unspecified atom stereocenters. The van der Waals surface area contributed by atoms with E-state index in [1.807, 2.05) is 13.0 Å². The summed E-state index contributed by atoms with van der Waals surface area (Å²) >= 11 is 1.75. The van der Waals surface area contributed by atoms with Crippen LogP contribution in [0.3, 0.4) is 0 Å². The van der Waals surface area contributed by atoms with Crippen molar-refractivity contribution in [2.75, 3.05) is 17.6 Å². The monoisotopic (exact) mass is 303 g/mol. The van der Waals surface area contributed by atoms with Gasteiger partial charge in [0.05, 0.1) is 11.6 Å². The number of carbonyl (C=O) groups excluding carboxylic acids is 1. The van der Waals surface area contributed by atoms with Gasteiger partial charge in [-0.1, -0.05) is 0 Å². The Labute approximate surface area is 129 Å². The van der Waals surface area contributed by atoms with Gasteiger partial charge in [0.25, 0.3) is 5.91 Å². The molecule has 1 heterocycles. The van der Waals surface area contributed by atoms with Crippen LogP contribution in [0.2, 0.25) is 0 Å². The first-order valence-electron chi connectivity index (χ1n) is 7.02. The van der Waals surface area contributed by atoms with Crippen molar-refractivity contribution < 1.29 is 4.79 Å². The van der Waals surface area contributed by atoms with Crippen molar-refractivity contribution in [3.05, 3.63) is 45.6 Å². The lowest BCUT2D eigenvalue weighted by molar-refractivity contribution is 0.0956. The van der Waals surface area contributed by atoms with Gasteiger partial charge in [-0.15, -0.1) is 11.3 Å². The Kier molecular flexibility index (Phi) is 4.85. The second-order valence-electron chi connectivity index (χ2n) is 4.98. The van der Waals surface area contributed by atoms with Gasteiger partial charge in [0.1, 0.15) is 0 Å². The van der Waals surface area contributed by atoms with Crippen LogP contribution in [0, 0.1) is 6.92 Å². The summed E-state index contributed by atoms with van der Waals surface area (Å²) in [6.45, 7) is 6.67. The molecule has 0 saturated carbocycles. The Hall–Kier alpha value is -2.01. The minimum atomic E-state index is -0.0884. The van der Waals surface area contributed by atoms with Crippen LogP contribution in [0.4, 0.5) is 11.4 Å². The fourth-order valence-electron chi connectivity index (χ4n) is 2.13. The van der Waals surface area contributed by atoms with E-state index in [2.05, 4.69) is 36.6 Å². The Balaban J connectivity index is 2.25. The topological polar surface area (TPSA) is 67.2 Å². The van der Waals surface area contributed by atoms with Crippen molar-refractivity contribution in [3.63, 3.8) is 0 Å². The standard InChI is InChI=1S/C16H21N3OS/c1-4-18-16(20)13-7-6-12(17)9-14(13)19-11(3)15-8-5-10(2)21-15/h5-9,11,19H,4,17H2,1-3H3,(H,18,20). The predicted molar refractivity (Wildman–Crippen MR) is 90.0 cm³/mol. The molecule has 1 aromatic heterocycles. The minimum absolute atomic E-state index is 0.0884. The largest absolute Gasteiger partial charge is 0.399 e. The minimum Gasteiger partial charge on any atom is -0.399 e. The summed E-state index contributed by atoms with van der Waals surface area (Å²) in [6.07, 6.45) is 0. The van der Waals surface area contributed by atoms with Gasteiger partial charge in [-0.2, -0.15) is 0 Å². The predicted octanol–water partition coefficient (Wildman–Crippen LogP) is 3.56. The van der Waals surface area contributed by atoms with Crippen LogP contribution in [-0.2, 0) is 0 Å². The third-order valence-electron chi connectivity index (χ3n) is 3.19. The van der Waals surface area contributed by atoms with Crippen LogP contribution < -0.4 is 16.4 Å². The van der Waals surface area contributed by atoms with E-state index in [1.54, 1.807) is 23.5 Å². The molecule has 0 radical (unpaired) electrons. The fourth-order valence-corrected chi connectivity index (χ4v) is 3.01. The van der Waals surface area contributed by atoms with E-state index in [4.69, 9.17) is 5.73 Å². The second kappa shape index (κ2) is 6.63. The average molecular weight is 303 g/mol. The molecule has 1 atom stereocenters. The number of benzene rings is 1. The summed E-state index contributed by atoms with van der Waals surface area (Å²) in [7, 11) is 0. The molecule has 0 saturated heterocycles. The highest BCUT2D eigenvalue weighted by Gasteiger charge is 2.14. The summed E-state index contributed by atoms with van der Waals surface area (Å²) in [5.41, 5.74) is 7.87. The first-order chi connectivity index (χ1) is 10.0. The van der Waals surface area contributed by atoms with E-state index in [0.717, 1.165) is 5.69 Å². The first-order valence-corrected chi connectivity index (χ1v) is 7.83. The number of anilines is 2. The molecular formula is C16H21N3OS. The molecule has 1 amide bonds. The molecule has 112 valence electrons. The molecule has 4 N–H and O–H groups in total. The normalized spacial score (nSPS) is 12.0. The molecule has 1 aromatic carbocycles. The maximum Gasteiger partial charge on any atom is 0.253 e. The van der Waals surface area contributed by atoms with Crippen LogP contribution in [0.5, 0.6) is 0 Å². The van der Waals surface area contributed by atoms with Gasteiger partial charge < -0.3 is 16.4 Å². The summed E-state index contributed by atoms with van der Waals surface area (Å²) < 4.78 is 0. The molecule has 0 fully saturated rings. The number of hydrogen-bond donors (Lipinski definition) is 3. The molecule has 0 aliphatic heterocycles. The van der Waals surface area contributed by atoms with Crippen molar-refractivity contribution >= 4 is 28.6 Å². The number of thiophene rings is 1. The Morgan fingerprint density at radius 1 is 1.33 bits per heavy atom. The highest BCUT2D eigenvalue weighted by atomic mass is 32.1. The van der Waals surface area contributed by atoms with Gasteiger partial charge in [0.15, 0.2) is 0 Å². The molecule has 2 rings (SSSR count). The van der Waals surface area contributed by atoms with Gasteiger partial charge in [-0.25, -0.2) is 0 Å². The molecule has 0 aliphatic carbocycles. The van der Waals surface area contributed by atoms with Crippen molar-refractivity contribution in [3.8, 4) is 0 Å². The Morgan fingerprint density at radius 3 is 2.71 bits per heavy atom. The van der Waals surface area contributed by atoms with E-state index in [9.17, 15) is 4.79 Å². The van der Waals surface area contributed by atoms with E-state index in [-0.39, 0.29) is 11.9 Å². The first kappa shape index (κ1) is 15.4. The summed E-state index contributed by atoms with van der Waals surface area (Å²) in [4.78, 5) is 14.6. The number of rotatable bonds is 5. The van der Waals surface area contributed by atoms with E-state index < -0.39 is 0 Å². The van der Waals surface area contributed by atoms with Crippen molar-refractivity contribution in [2.24, 2.45) is 0 Å². The third-order valence-corrected chi connectivity index (χ3v) is 4.37. The van der Waals surface area contributed by atoms with E-state index >= 15 is 0 Å². The maximum atomic E-state index is 12.1. The third kappa shape index (κ3) is 3.76. The average Bonchev–Trinajstić information content (AvgIpc) is 2.86. The quantitative estimate of drug-likeness (QED) is 0.740. The number of nitrogens with two attached hydrogens (primary N) is 1. The van der Waals surface area contributed by atoms with E-state index in [0.29, 0.717) is 17.8 Å². The number of aryl methyl sites for hydroxylation is 1. The summed E-state index contributed by atoms with van der Waals surface area (Å²) in [5, 5.41) is 6.21. The zero-order valence-electron chi connectivity index (χ0n) is 12.6. The molecule has 2 aromatic rings. The lowest BCUT2D eigenvalue weighted by Gasteiger charge is -2.17. The fraction of sp³-hybridized carbons (Fsp3) is 0.312. The lowest BCUT2D eigenvalue weighted by atomic mass is 10.1. The van der Waals surface area contributed by atoms with Gasteiger partial charge in [-0.3, -0.25) is 4.79 Å². The SMILES string of the molecule is CCNC(=O)c1ccc(N)cc1NC(C)c1ccc(C)s1. The highest BCUT2D eigenvalue weighted by molar-refractivity contribution is 7.12. The summed E-state index contributed by atoms with van der Waals surface area (Å²) in [5.74, 6) is -0.0884. The van der Waals surface area contributed by atoms with Gasteiger partial charge >= 0.3 is 0 Å². The van der Waals surface area contributed by atoms with Crippen molar-refractivity contribution in [1.29, 1.82) is 0 Å². The molecular weight excluding hydrogens is 282 g/mol. The lowest BCUT2D eigenvalue weighted by Crippen LogP contribution is -2.24. The van der Waals surface area contributed by atoms with Gasteiger partial charge in [0.2, 0.25) is 0 Å². The van der Waals surface area contributed by atoms with Crippen LogP contribution in [0.25, 0.3) is 0 Å². The molecule has 0 aliphatic rings. The second-order valence-corrected chi connectivity index (χ2v) is 6.30. The van der Waals surface area contributed by atoms with E-state index in [1.165, 1.54) is 9.75 Å². The van der Waals surface area contributed by atoms with Crippen molar-refractivity contribution in [1.82, 2.24) is 5.32 Å². The highest BCUT2D eigenvalue weighted by Crippen LogP contribution is 2.28. The van der Waals surface area contributed by atoms with Gasteiger partial charge in [0, 0.05) is 27.7 Å². The van der Waals surface area contributed by atoms with Crippen LogP contribution in [-0.4, -0.2) is 12.5 Å². The molecule has 0 bridgehead atoms. The Morgan fingerprint density at radius 2 is 2.10 bits per heavy atom. The number of hydrogen-bond acceptors (Lipinski definition) is 4. The van der Waals surface area contributed by atoms with Gasteiger partial charge in [-0.05, 0) is 51.1 Å². The van der Waals surface area contributed by atoms with Crippen LogP contribution in [0.15, 0.2) is 30.3 Å². The smallest absolute Gasteiger partial charge is 0.253 e. The Bertz CT molecular complexity index is 636. The number of nitrogens with one attached hydrogen (secondary N) is 2. The number of carbonyl (C=O) groups is 1. The van der Waals surface area contributed by atoms with Crippen LogP contribution in [0.1, 0.15) is 40.0 Å². The maximum absolute atomic E-state index is 12.1. The number of amides is 1.